The number of rotatable bonds is 3. The van der Waals surface area contributed by atoms with Gasteiger partial charge in [-0.2, -0.15) is 5.26 Å². The van der Waals surface area contributed by atoms with Gasteiger partial charge in [0.15, 0.2) is 11.6 Å². The first-order valence-electron chi connectivity index (χ1n) is 13.4. The molecular weight excluding hydrogens is 534 g/mol. The van der Waals surface area contributed by atoms with E-state index in [1.54, 1.807) is 6.20 Å². The van der Waals surface area contributed by atoms with Crippen LogP contribution in [0.1, 0.15) is 30.0 Å². The van der Waals surface area contributed by atoms with Gasteiger partial charge in [-0.1, -0.05) is 0 Å². The predicted molar refractivity (Wildman–Crippen MR) is 150 cm³/mol. The third kappa shape index (κ3) is 3.76. The molecule has 0 spiro atoms. The summed E-state index contributed by atoms with van der Waals surface area (Å²) in [6.45, 7) is 7.55. The molecule has 12 heteroatoms. The quantitative estimate of drug-likeness (QED) is 0.398. The minimum absolute atomic E-state index is 0.0957. The fraction of sp³-hybridized carbons (Fsp3) is 0.429. The minimum atomic E-state index is -0.603. The average molecular weight is 563 g/mol. The summed E-state index contributed by atoms with van der Waals surface area (Å²) in [5, 5.41) is 10.8. The lowest BCUT2D eigenvalue weighted by atomic mass is 9.94. The molecule has 0 aliphatic carbocycles. The van der Waals surface area contributed by atoms with E-state index in [4.69, 9.17) is 15.5 Å². The molecule has 4 aromatic rings. The van der Waals surface area contributed by atoms with Crippen molar-refractivity contribution < 1.29 is 13.5 Å². The molecule has 0 saturated carbocycles. The number of nitriles is 1. The first kappa shape index (κ1) is 25.5. The summed E-state index contributed by atoms with van der Waals surface area (Å²) in [7, 11) is 2.15. The topological polar surface area (TPSA) is 107 Å². The molecule has 2 saturated heterocycles. The van der Waals surface area contributed by atoms with Crippen molar-refractivity contribution in [3.05, 3.63) is 40.7 Å². The molecule has 1 aromatic carbocycles. The van der Waals surface area contributed by atoms with E-state index < -0.39 is 11.6 Å². The van der Waals surface area contributed by atoms with Crippen molar-refractivity contribution in [3.8, 4) is 17.3 Å². The van der Waals surface area contributed by atoms with Gasteiger partial charge in [-0.3, -0.25) is 9.88 Å². The van der Waals surface area contributed by atoms with Crippen LogP contribution < -0.4 is 10.6 Å². The van der Waals surface area contributed by atoms with E-state index in [2.05, 4.69) is 44.7 Å². The maximum absolute atomic E-state index is 16.6. The van der Waals surface area contributed by atoms with Crippen LogP contribution in [0.2, 0.25) is 0 Å². The number of thiophene rings is 1. The van der Waals surface area contributed by atoms with Gasteiger partial charge in [0.1, 0.15) is 16.6 Å². The highest BCUT2D eigenvalue weighted by atomic mass is 32.1. The molecule has 2 N–H and O–H groups in total. The van der Waals surface area contributed by atoms with Gasteiger partial charge in [0.2, 0.25) is 5.95 Å². The van der Waals surface area contributed by atoms with Gasteiger partial charge in [0.05, 0.1) is 35.4 Å². The van der Waals surface area contributed by atoms with Crippen molar-refractivity contribution in [3.63, 3.8) is 0 Å². The molecule has 0 bridgehead atoms. The second kappa shape index (κ2) is 9.55. The zero-order valence-electron chi connectivity index (χ0n) is 22.2. The molecule has 6 heterocycles. The molecule has 2 fully saturated rings. The van der Waals surface area contributed by atoms with Crippen molar-refractivity contribution in [2.75, 3.05) is 50.4 Å². The Balaban J connectivity index is 1.36. The predicted octanol–water partition coefficient (Wildman–Crippen LogP) is 3.88. The standard InChI is InChI=1S/C28H28F2N8OS/c1-14-20(37-7-5-36(2)6-8-37)3-4-38(14)28-34-10-16-17-12-39-13-18(17)21(23(30)24(16)35-28)25-22-15(9-31)27(32)40-26(22)19(29)11-33-25/h10-11,14,20H,3-8,12-13,32H2,1-2H3/t14-,20+/m1/s1. The van der Waals surface area contributed by atoms with Gasteiger partial charge in [-0.15, -0.1) is 11.3 Å². The molecule has 7 rings (SSSR count). The number of ether oxygens (including phenoxy) is 1. The molecule has 206 valence electrons. The summed E-state index contributed by atoms with van der Waals surface area (Å²) in [5.41, 5.74) is 8.05. The van der Waals surface area contributed by atoms with Crippen molar-refractivity contribution in [1.82, 2.24) is 24.8 Å². The van der Waals surface area contributed by atoms with Gasteiger partial charge in [-0.25, -0.2) is 18.7 Å². The Morgan fingerprint density at radius 3 is 2.65 bits per heavy atom. The summed E-state index contributed by atoms with van der Waals surface area (Å²) in [6, 6.07) is 2.60. The maximum atomic E-state index is 16.6. The smallest absolute Gasteiger partial charge is 0.226 e. The lowest BCUT2D eigenvalue weighted by Crippen LogP contribution is -2.52. The van der Waals surface area contributed by atoms with E-state index in [-0.39, 0.29) is 56.7 Å². The summed E-state index contributed by atoms with van der Waals surface area (Å²) in [6.07, 6.45) is 3.73. The van der Waals surface area contributed by atoms with Crippen LogP contribution >= 0.6 is 11.3 Å². The first-order chi connectivity index (χ1) is 19.4. The molecular formula is C28H28F2N8OS. The second-order valence-electron chi connectivity index (χ2n) is 10.8. The van der Waals surface area contributed by atoms with Crippen molar-refractivity contribution >= 4 is 43.3 Å². The van der Waals surface area contributed by atoms with Gasteiger partial charge in [0, 0.05) is 67.3 Å². The normalized spacial score (nSPS) is 21.9. The van der Waals surface area contributed by atoms with Crippen molar-refractivity contribution in [2.24, 2.45) is 0 Å². The second-order valence-corrected chi connectivity index (χ2v) is 11.9. The maximum Gasteiger partial charge on any atom is 0.226 e. The van der Waals surface area contributed by atoms with Crippen LogP contribution in [0.4, 0.5) is 19.7 Å². The van der Waals surface area contributed by atoms with Crippen LogP contribution in [0.25, 0.3) is 32.2 Å². The summed E-state index contributed by atoms with van der Waals surface area (Å²) >= 11 is 0.961. The molecule has 40 heavy (non-hydrogen) atoms. The van der Waals surface area contributed by atoms with E-state index in [9.17, 15) is 9.65 Å². The fourth-order valence-electron chi connectivity index (χ4n) is 6.52. The number of likely N-dealkylation sites (N-methyl/N-ethyl adjacent to an activating group) is 1. The Morgan fingerprint density at radius 2 is 1.88 bits per heavy atom. The molecule has 3 aliphatic heterocycles. The largest absolute Gasteiger partial charge is 0.389 e. The lowest BCUT2D eigenvalue weighted by molar-refractivity contribution is 0.108. The number of nitrogen functional groups attached to an aromatic ring is 1. The molecule has 0 unspecified atom stereocenters. The molecule has 2 atom stereocenters. The Hall–Kier alpha value is -3.50. The van der Waals surface area contributed by atoms with Gasteiger partial charge in [0.25, 0.3) is 0 Å². The number of hydrogen-bond donors (Lipinski definition) is 1. The van der Waals surface area contributed by atoms with Crippen LogP contribution in [-0.4, -0.2) is 76.6 Å². The Bertz CT molecular complexity index is 1710. The number of hydrogen-bond acceptors (Lipinski definition) is 10. The number of aromatic nitrogens is 3. The molecule has 0 amide bonds. The number of anilines is 2. The van der Waals surface area contributed by atoms with Gasteiger partial charge < -0.3 is 20.3 Å². The number of nitrogens with zero attached hydrogens (tertiary/aromatic N) is 7. The number of piperazine rings is 1. The van der Waals surface area contributed by atoms with E-state index in [0.29, 0.717) is 22.9 Å². The van der Waals surface area contributed by atoms with Crippen LogP contribution in [0.3, 0.4) is 0 Å². The Morgan fingerprint density at radius 1 is 1.10 bits per heavy atom. The van der Waals surface area contributed by atoms with Crippen LogP contribution in [-0.2, 0) is 18.0 Å². The first-order valence-corrected chi connectivity index (χ1v) is 14.2. The zero-order chi connectivity index (χ0) is 27.7. The molecule has 3 aliphatic rings. The van der Waals surface area contributed by atoms with Gasteiger partial charge in [-0.05, 0) is 31.5 Å². The molecule has 3 aromatic heterocycles. The third-order valence-electron chi connectivity index (χ3n) is 8.71. The number of nitrogens with two attached hydrogens (primary N) is 1. The number of halogens is 2. The average Bonchev–Trinajstić information content (AvgIpc) is 3.67. The summed E-state index contributed by atoms with van der Waals surface area (Å²) in [4.78, 5) is 20.8. The van der Waals surface area contributed by atoms with E-state index >= 15 is 4.39 Å². The van der Waals surface area contributed by atoms with Gasteiger partial charge >= 0.3 is 0 Å². The molecule has 9 nitrogen and oxygen atoms in total. The number of benzene rings is 1. The number of pyridine rings is 1. The van der Waals surface area contributed by atoms with Crippen molar-refractivity contribution in [1.29, 1.82) is 5.26 Å². The van der Waals surface area contributed by atoms with E-state index in [1.165, 1.54) is 0 Å². The lowest BCUT2D eigenvalue weighted by Gasteiger charge is -2.38. The van der Waals surface area contributed by atoms with Crippen LogP contribution in [0.5, 0.6) is 0 Å². The number of fused-ring (bicyclic) bond motifs is 4. The highest BCUT2D eigenvalue weighted by Gasteiger charge is 2.37. The highest BCUT2D eigenvalue weighted by Crippen LogP contribution is 2.45. The Labute approximate surface area is 233 Å². The highest BCUT2D eigenvalue weighted by molar-refractivity contribution is 7.23. The fourth-order valence-corrected chi connectivity index (χ4v) is 7.45. The monoisotopic (exact) mass is 562 g/mol. The van der Waals surface area contributed by atoms with E-state index in [1.807, 2.05) is 0 Å². The van der Waals surface area contributed by atoms with Crippen LogP contribution in [0, 0.1) is 23.0 Å². The summed E-state index contributed by atoms with van der Waals surface area (Å²) < 4.78 is 37.3. The molecule has 0 radical (unpaired) electrons. The third-order valence-corrected chi connectivity index (χ3v) is 9.74. The zero-order valence-corrected chi connectivity index (χ0v) is 23.1. The van der Waals surface area contributed by atoms with Crippen molar-refractivity contribution in [2.45, 2.75) is 38.6 Å². The van der Waals surface area contributed by atoms with Crippen LogP contribution in [0.15, 0.2) is 12.4 Å². The SMILES string of the molecule is C[C@@H]1[C@@H](N2CCN(C)CC2)CCN1c1ncc2c3c(c(-c4ncc(F)c5sc(N)c(C#N)c45)c(F)c2n1)COC3. The van der Waals surface area contributed by atoms with E-state index in [0.717, 1.165) is 62.2 Å². The Kier molecular flexibility index (Phi) is 6.08. The summed E-state index contributed by atoms with van der Waals surface area (Å²) in [5.74, 6) is -0.705. The minimum Gasteiger partial charge on any atom is -0.389 e.